The summed E-state index contributed by atoms with van der Waals surface area (Å²) < 4.78 is 24.2. The van der Waals surface area contributed by atoms with Gasteiger partial charge in [0.1, 0.15) is 29.1 Å². The van der Waals surface area contributed by atoms with Crippen molar-refractivity contribution in [1.29, 1.82) is 0 Å². The molecule has 0 radical (unpaired) electrons. The van der Waals surface area contributed by atoms with E-state index in [1.807, 2.05) is 13.0 Å². The summed E-state index contributed by atoms with van der Waals surface area (Å²) in [6.45, 7) is 6.94. The van der Waals surface area contributed by atoms with E-state index in [1.165, 1.54) is 24.3 Å². The zero-order chi connectivity index (χ0) is 25.2. The van der Waals surface area contributed by atoms with Crippen molar-refractivity contribution in [2.24, 2.45) is 0 Å². The molecule has 0 saturated carbocycles. The first-order valence-electron chi connectivity index (χ1n) is 11.0. The van der Waals surface area contributed by atoms with E-state index < -0.39 is 23.5 Å². The molecule has 4 rings (SSSR count). The van der Waals surface area contributed by atoms with E-state index in [9.17, 15) is 14.3 Å². The first kappa shape index (κ1) is 24.1. The molecule has 0 saturated heterocycles. The topological polar surface area (TPSA) is 122 Å². The number of aliphatic hydroxyl groups excluding tert-OH is 1. The van der Waals surface area contributed by atoms with Crippen LogP contribution in [-0.2, 0) is 9.53 Å². The molecule has 2 heterocycles. The molecule has 0 aliphatic carbocycles. The van der Waals surface area contributed by atoms with Crippen molar-refractivity contribution in [2.45, 2.75) is 39.4 Å². The highest BCUT2D eigenvalue weighted by Gasteiger charge is 2.19. The summed E-state index contributed by atoms with van der Waals surface area (Å²) in [5.74, 6) is 0.535. The Balaban J connectivity index is 1.68. The Kier molecular flexibility index (Phi) is 6.65. The second-order valence-electron chi connectivity index (χ2n) is 9.00. The van der Waals surface area contributed by atoms with E-state index >= 15 is 0 Å². The van der Waals surface area contributed by atoms with Gasteiger partial charge in [0.15, 0.2) is 18.2 Å². The van der Waals surface area contributed by atoms with E-state index in [0.717, 1.165) is 5.69 Å². The number of ether oxygens (including phenoxy) is 2. The van der Waals surface area contributed by atoms with Crippen molar-refractivity contribution >= 4 is 28.5 Å². The second-order valence-corrected chi connectivity index (χ2v) is 9.00. The summed E-state index contributed by atoms with van der Waals surface area (Å²) in [5, 5.41) is 21.7. The van der Waals surface area contributed by atoms with Gasteiger partial charge in [-0.2, -0.15) is 5.10 Å². The van der Waals surface area contributed by atoms with Crippen LogP contribution in [0.3, 0.4) is 0 Å². The predicted molar refractivity (Wildman–Crippen MR) is 128 cm³/mol. The van der Waals surface area contributed by atoms with Crippen LogP contribution in [0.15, 0.2) is 48.5 Å². The van der Waals surface area contributed by atoms with Gasteiger partial charge in [-0.3, -0.25) is 5.10 Å². The molecule has 10 heteroatoms. The molecule has 4 aromatic rings. The van der Waals surface area contributed by atoms with Crippen LogP contribution in [0.5, 0.6) is 5.75 Å². The lowest BCUT2D eigenvalue weighted by Crippen LogP contribution is -2.27. The maximum Gasteiger partial charge on any atom is 0.344 e. The van der Waals surface area contributed by atoms with Crippen molar-refractivity contribution in [3.63, 3.8) is 0 Å². The van der Waals surface area contributed by atoms with Gasteiger partial charge < -0.3 is 19.9 Å². The van der Waals surface area contributed by atoms with Gasteiger partial charge >= 0.3 is 5.97 Å². The number of halogens is 1. The van der Waals surface area contributed by atoms with Crippen LogP contribution in [0, 0.1) is 12.7 Å². The van der Waals surface area contributed by atoms with Crippen LogP contribution in [0.2, 0.25) is 0 Å². The van der Waals surface area contributed by atoms with E-state index in [2.05, 4.69) is 25.5 Å². The number of H-pyrrole nitrogens is 1. The molecular weight excluding hydrogens is 453 g/mol. The molecule has 1 atom stereocenters. The number of rotatable bonds is 7. The van der Waals surface area contributed by atoms with Crippen LogP contribution < -0.4 is 10.1 Å². The fourth-order valence-corrected chi connectivity index (χ4v) is 3.35. The lowest BCUT2D eigenvalue weighted by Gasteiger charge is -2.19. The maximum atomic E-state index is 13.4. The van der Waals surface area contributed by atoms with Crippen molar-refractivity contribution in [3.05, 3.63) is 71.4 Å². The third-order valence-electron chi connectivity index (χ3n) is 4.85. The molecule has 3 N–H and O–H groups in total. The highest BCUT2D eigenvalue weighted by molar-refractivity contribution is 5.91. The van der Waals surface area contributed by atoms with Gasteiger partial charge in [0.2, 0.25) is 0 Å². The number of aromatic amines is 1. The van der Waals surface area contributed by atoms with Crippen molar-refractivity contribution < 1.29 is 23.8 Å². The summed E-state index contributed by atoms with van der Waals surface area (Å²) in [5.41, 5.74) is 1.14. The van der Waals surface area contributed by atoms with Gasteiger partial charge in [0.25, 0.3) is 0 Å². The zero-order valence-corrected chi connectivity index (χ0v) is 19.8. The molecule has 182 valence electrons. The quantitative estimate of drug-likeness (QED) is 0.335. The molecule has 0 spiro atoms. The van der Waals surface area contributed by atoms with Gasteiger partial charge in [0, 0.05) is 23.2 Å². The minimum Gasteiger partial charge on any atom is -0.482 e. The molecule has 9 nitrogen and oxygen atoms in total. The second kappa shape index (κ2) is 9.67. The molecule has 0 fully saturated rings. The predicted octanol–water partition coefficient (Wildman–Crippen LogP) is 4.35. The standard InChI is InChI=1S/C25H26FN5O4/c1-14-11-20(31-30-14)28-23-18-10-9-17(34-13-21(32)35-25(2,3)4)12-19(18)27-24(29-23)22(33)15-5-7-16(26)8-6-15/h5-12,22,33H,13H2,1-4H3,(H2,27,28,29,30,31)/t22-/m1/s1. The Labute approximate surface area is 201 Å². The van der Waals surface area contributed by atoms with Gasteiger partial charge in [-0.15, -0.1) is 0 Å². The number of hydrogen-bond acceptors (Lipinski definition) is 8. The fraction of sp³-hybridized carbons (Fsp3) is 0.280. The van der Waals surface area contributed by atoms with E-state index in [1.54, 1.807) is 39.0 Å². The smallest absolute Gasteiger partial charge is 0.344 e. The minimum atomic E-state index is -1.20. The number of nitrogens with zero attached hydrogens (tertiary/aromatic N) is 3. The van der Waals surface area contributed by atoms with E-state index in [-0.39, 0.29) is 12.4 Å². The Morgan fingerprint density at radius 2 is 1.89 bits per heavy atom. The molecule has 0 bridgehead atoms. The zero-order valence-electron chi connectivity index (χ0n) is 19.8. The molecule has 0 aliphatic rings. The number of aryl methyl sites for hydroxylation is 1. The third-order valence-corrected chi connectivity index (χ3v) is 4.85. The number of carbonyl (C=O) groups is 1. The number of aliphatic hydroxyl groups is 1. The highest BCUT2D eigenvalue weighted by Crippen LogP contribution is 2.30. The lowest BCUT2D eigenvalue weighted by molar-refractivity contribution is -0.157. The average molecular weight is 480 g/mol. The Bertz CT molecular complexity index is 1350. The molecular formula is C25H26FN5O4. The monoisotopic (exact) mass is 479 g/mol. The Morgan fingerprint density at radius 3 is 2.54 bits per heavy atom. The maximum absolute atomic E-state index is 13.4. The van der Waals surface area contributed by atoms with Crippen LogP contribution in [-0.4, -0.2) is 43.4 Å². The summed E-state index contributed by atoms with van der Waals surface area (Å²) in [6.07, 6.45) is -1.20. The number of anilines is 2. The van der Waals surface area contributed by atoms with Crippen LogP contribution in [0.1, 0.15) is 44.0 Å². The SMILES string of the molecule is Cc1cc(Nc2nc([C@H](O)c3ccc(F)cc3)nc3cc(OCC(=O)OC(C)(C)C)ccc23)n[nH]1. The molecule has 35 heavy (non-hydrogen) atoms. The molecule has 0 aliphatic heterocycles. The number of carbonyl (C=O) groups excluding carboxylic acids is 1. The molecule has 2 aromatic carbocycles. The number of hydrogen-bond donors (Lipinski definition) is 3. The third kappa shape index (κ3) is 6.10. The van der Waals surface area contributed by atoms with E-state index in [4.69, 9.17) is 9.47 Å². The number of aromatic nitrogens is 4. The summed E-state index contributed by atoms with van der Waals surface area (Å²) >= 11 is 0. The number of fused-ring (bicyclic) bond motifs is 1. The van der Waals surface area contributed by atoms with E-state index in [0.29, 0.717) is 33.9 Å². The molecule has 0 amide bonds. The number of benzene rings is 2. The molecule has 2 aromatic heterocycles. The highest BCUT2D eigenvalue weighted by atomic mass is 19.1. The summed E-state index contributed by atoms with van der Waals surface area (Å²) in [4.78, 5) is 21.0. The van der Waals surface area contributed by atoms with Crippen molar-refractivity contribution in [1.82, 2.24) is 20.2 Å². The van der Waals surface area contributed by atoms with Crippen molar-refractivity contribution in [2.75, 3.05) is 11.9 Å². The Morgan fingerprint density at radius 1 is 1.14 bits per heavy atom. The van der Waals surface area contributed by atoms with Gasteiger partial charge in [0.05, 0.1) is 5.52 Å². The van der Waals surface area contributed by atoms with Crippen molar-refractivity contribution in [3.8, 4) is 5.75 Å². The van der Waals surface area contributed by atoms with Gasteiger partial charge in [-0.1, -0.05) is 12.1 Å². The Hall–Kier alpha value is -4.05. The normalized spacial score (nSPS) is 12.4. The van der Waals surface area contributed by atoms with Crippen LogP contribution in [0.25, 0.3) is 10.9 Å². The summed E-state index contributed by atoms with van der Waals surface area (Å²) in [7, 11) is 0. The first-order chi connectivity index (χ1) is 16.6. The fourth-order valence-electron chi connectivity index (χ4n) is 3.35. The van der Waals surface area contributed by atoms with Crippen LogP contribution in [0.4, 0.5) is 16.0 Å². The average Bonchev–Trinajstić information content (AvgIpc) is 3.20. The largest absolute Gasteiger partial charge is 0.482 e. The number of nitrogens with one attached hydrogen (secondary N) is 2. The molecule has 0 unspecified atom stereocenters. The lowest BCUT2D eigenvalue weighted by atomic mass is 10.1. The summed E-state index contributed by atoms with van der Waals surface area (Å²) in [6, 6.07) is 12.3. The first-order valence-corrected chi connectivity index (χ1v) is 11.0. The van der Waals surface area contributed by atoms with Gasteiger partial charge in [-0.05, 0) is 57.5 Å². The minimum absolute atomic E-state index is 0.100. The van der Waals surface area contributed by atoms with Crippen LogP contribution >= 0.6 is 0 Å². The number of esters is 1. The van der Waals surface area contributed by atoms with Gasteiger partial charge in [-0.25, -0.2) is 19.2 Å².